The summed E-state index contributed by atoms with van der Waals surface area (Å²) in [6, 6.07) is 6.75. The number of pyridine rings is 1. The number of amides is 1. The third-order valence-electron chi connectivity index (χ3n) is 3.15. The van der Waals surface area contributed by atoms with Gasteiger partial charge in [-0.3, -0.25) is 4.79 Å². The van der Waals surface area contributed by atoms with E-state index in [0.29, 0.717) is 17.1 Å². The Morgan fingerprint density at radius 1 is 1.37 bits per heavy atom. The topological polar surface area (TPSA) is 123 Å². The number of hydrogen-bond acceptors (Lipinski definition) is 7. The lowest BCUT2D eigenvalue weighted by Gasteiger charge is -2.09. The van der Waals surface area contributed by atoms with Gasteiger partial charge in [0.05, 0.1) is 24.0 Å². The zero-order chi connectivity index (χ0) is 20.0. The normalized spacial score (nSPS) is 10.5. The van der Waals surface area contributed by atoms with Gasteiger partial charge in [0.2, 0.25) is 0 Å². The van der Waals surface area contributed by atoms with Crippen LogP contribution < -0.4 is 20.6 Å². The minimum Gasteiger partial charge on any atom is -0.493 e. The van der Waals surface area contributed by atoms with Crippen molar-refractivity contribution in [1.29, 1.82) is 5.26 Å². The summed E-state index contributed by atoms with van der Waals surface area (Å²) < 4.78 is 10.4. The highest BCUT2D eigenvalue weighted by molar-refractivity contribution is 6.46. The molecule has 0 fully saturated rings. The van der Waals surface area contributed by atoms with Crippen LogP contribution in [-0.2, 0) is 0 Å². The van der Waals surface area contributed by atoms with Gasteiger partial charge in [-0.05, 0) is 23.8 Å². The van der Waals surface area contributed by atoms with Crippen LogP contribution >= 0.6 is 34.8 Å². The van der Waals surface area contributed by atoms with E-state index in [1.165, 1.54) is 13.3 Å². The second kappa shape index (κ2) is 9.28. The fourth-order valence-electron chi connectivity index (χ4n) is 1.89. The first-order valence-corrected chi connectivity index (χ1v) is 8.33. The van der Waals surface area contributed by atoms with Crippen LogP contribution in [0.5, 0.6) is 11.5 Å². The molecule has 1 aromatic heterocycles. The molecule has 1 heterocycles. The van der Waals surface area contributed by atoms with Gasteiger partial charge in [0, 0.05) is 0 Å². The number of nitrogens with two attached hydrogens (primary N) is 1. The lowest BCUT2D eigenvalue weighted by atomic mass is 10.2. The van der Waals surface area contributed by atoms with Crippen molar-refractivity contribution in [1.82, 2.24) is 10.4 Å². The van der Waals surface area contributed by atoms with Crippen LogP contribution in [0, 0.1) is 11.3 Å². The smallest absolute Gasteiger partial charge is 0.291 e. The molecule has 140 valence electrons. The van der Waals surface area contributed by atoms with Gasteiger partial charge in [0.1, 0.15) is 11.1 Å². The number of halogens is 3. The monoisotopic (exact) mass is 427 g/mol. The number of methoxy groups -OCH3 is 1. The zero-order valence-electron chi connectivity index (χ0n) is 13.8. The van der Waals surface area contributed by atoms with Crippen molar-refractivity contribution in [3.63, 3.8) is 0 Å². The number of nitrogens with one attached hydrogen (secondary N) is 1. The Morgan fingerprint density at radius 2 is 2.11 bits per heavy atom. The predicted octanol–water partition coefficient (Wildman–Crippen LogP) is 3.30. The molecule has 1 amide bonds. The molecular formula is C16H12Cl3N5O3. The number of aromatic nitrogens is 1. The first-order valence-electron chi connectivity index (χ1n) is 7.20. The van der Waals surface area contributed by atoms with E-state index in [4.69, 9.17) is 55.3 Å². The number of carbonyl (C=O) groups is 1. The van der Waals surface area contributed by atoms with Crippen molar-refractivity contribution in [2.45, 2.75) is 0 Å². The molecule has 0 aliphatic rings. The Bertz CT molecular complexity index is 944. The van der Waals surface area contributed by atoms with Crippen molar-refractivity contribution >= 4 is 52.6 Å². The molecule has 0 unspecified atom stereocenters. The number of hydrazone groups is 1. The third kappa shape index (κ3) is 4.92. The quantitative estimate of drug-likeness (QED) is 0.413. The summed E-state index contributed by atoms with van der Waals surface area (Å²) in [7, 11) is 1.46. The van der Waals surface area contributed by atoms with Crippen LogP contribution in [-0.4, -0.2) is 30.8 Å². The van der Waals surface area contributed by atoms with Crippen molar-refractivity contribution in [2.24, 2.45) is 5.10 Å². The predicted molar refractivity (Wildman–Crippen MR) is 103 cm³/mol. The molecule has 0 spiro atoms. The fourth-order valence-corrected chi connectivity index (χ4v) is 2.49. The van der Waals surface area contributed by atoms with Crippen LogP contribution in [0.2, 0.25) is 15.2 Å². The number of nitrogens with zero attached hydrogens (tertiary/aromatic N) is 3. The fraction of sp³-hybridized carbons (Fsp3) is 0.125. The van der Waals surface area contributed by atoms with Crippen molar-refractivity contribution in [3.05, 3.63) is 44.7 Å². The molecule has 11 heteroatoms. The van der Waals surface area contributed by atoms with Gasteiger partial charge >= 0.3 is 0 Å². The van der Waals surface area contributed by atoms with Gasteiger partial charge < -0.3 is 15.2 Å². The number of anilines is 1. The SMILES string of the molecule is COc1cc(/C=N/NC(=O)c2nc(Cl)c(Cl)c(N)c2Cl)ccc1OCC#N. The Hall–Kier alpha value is -2.73. The molecule has 3 N–H and O–H groups in total. The first kappa shape index (κ1) is 20.6. The summed E-state index contributed by atoms with van der Waals surface area (Å²) in [5.41, 5.74) is 8.27. The Morgan fingerprint density at radius 3 is 2.78 bits per heavy atom. The average Bonchev–Trinajstić information content (AvgIpc) is 2.67. The van der Waals surface area contributed by atoms with Gasteiger partial charge in [-0.2, -0.15) is 10.4 Å². The minimum atomic E-state index is -0.720. The molecule has 0 aliphatic heterocycles. The summed E-state index contributed by atoms with van der Waals surface area (Å²) in [5.74, 6) is 0.0902. The van der Waals surface area contributed by atoms with E-state index in [-0.39, 0.29) is 33.2 Å². The highest BCUT2D eigenvalue weighted by atomic mass is 35.5. The first-order chi connectivity index (χ1) is 12.9. The molecule has 2 aromatic rings. The third-order valence-corrected chi connectivity index (χ3v) is 4.28. The van der Waals surface area contributed by atoms with Crippen molar-refractivity contribution in [3.8, 4) is 17.6 Å². The number of carbonyl (C=O) groups excluding carboxylic acids is 1. The van der Waals surface area contributed by atoms with E-state index in [0.717, 1.165) is 0 Å². The summed E-state index contributed by atoms with van der Waals surface area (Å²) in [6.07, 6.45) is 1.36. The molecule has 0 saturated carbocycles. The Labute approximate surface area is 169 Å². The zero-order valence-corrected chi connectivity index (χ0v) is 16.1. The highest BCUT2D eigenvalue weighted by Gasteiger charge is 2.19. The van der Waals surface area contributed by atoms with Gasteiger partial charge in [-0.15, -0.1) is 0 Å². The highest BCUT2D eigenvalue weighted by Crippen LogP contribution is 2.34. The molecule has 0 aliphatic carbocycles. The maximum atomic E-state index is 12.2. The maximum absolute atomic E-state index is 12.2. The van der Waals surface area contributed by atoms with E-state index in [1.807, 2.05) is 6.07 Å². The summed E-state index contributed by atoms with van der Waals surface area (Å²) in [5, 5.41) is 12.1. The number of hydrogen-bond donors (Lipinski definition) is 2. The van der Waals surface area contributed by atoms with E-state index >= 15 is 0 Å². The lowest BCUT2D eigenvalue weighted by molar-refractivity contribution is 0.0950. The van der Waals surface area contributed by atoms with Crippen LogP contribution in [0.25, 0.3) is 0 Å². The summed E-state index contributed by atoms with van der Waals surface area (Å²) in [6.45, 7) is -0.111. The molecule has 8 nitrogen and oxygen atoms in total. The second-order valence-electron chi connectivity index (χ2n) is 4.85. The van der Waals surface area contributed by atoms with Gasteiger partial charge in [0.15, 0.2) is 29.0 Å². The number of nitriles is 1. The molecule has 0 radical (unpaired) electrons. The maximum Gasteiger partial charge on any atom is 0.291 e. The molecule has 2 rings (SSSR count). The molecule has 0 bridgehead atoms. The number of benzene rings is 1. The van der Waals surface area contributed by atoms with Gasteiger partial charge in [-0.25, -0.2) is 10.4 Å². The Kier molecular flexibility index (Phi) is 7.07. The van der Waals surface area contributed by atoms with E-state index < -0.39 is 5.91 Å². The number of nitrogen functional groups attached to an aromatic ring is 1. The Balaban J connectivity index is 2.14. The molecule has 27 heavy (non-hydrogen) atoms. The minimum absolute atomic E-state index is 0.0347. The van der Waals surface area contributed by atoms with Gasteiger partial charge in [-0.1, -0.05) is 34.8 Å². The van der Waals surface area contributed by atoms with Gasteiger partial charge in [0.25, 0.3) is 5.91 Å². The van der Waals surface area contributed by atoms with E-state index in [9.17, 15) is 4.79 Å². The summed E-state index contributed by atoms with van der Waals surface area (Å²) in [4.78, 5) is 16.0. The summed E-state index contributed by atoms with van der Waals surface area (Å²) >= 11 is 17.6. The standard InChI is InChI=1S/C16H12Cl3N5O3/c1-26-10-6-8(2-3-9(10)27-5-4-20)7-22-24-16(25)14-11(17)13(21)12(18)15(19)23-14/h2-3,6-7H,5H2,1H3,(H2,21,23)(H,24,25)/b22-7+. The van der Waals surface area contributed by atoms with Crippen molar-refractivity contribution in [2.75, 3.05) is 19.5 Å². The molecular weight excluding hydrogens is 417 g/mol. The largest absolute Gasteiger partial charge is 0.493 e. The van der Waals surface area contributed by atoms with Crippen LogP contribution in [0.15, 0.2) is 23.3 Å². The number of ether oxygens (including phenoxy) is 2. The number of rotatable bonds is 6. The van der Waals surface area contributed by atoms with Crippen LogP contribution in [0.4, 0.5) is 5.69 Å². The lowest BCUT2D eigenvalue weighted by Crippen LogP contribution is -2.20. The van der Waals surface area contributed by atoms with Crippen LogP contribution in [0.1, 0.15) is 16.1 Å². The molecule has 0 atom stereocenters. The second-order valence-corrected chi connectivity index (χ2v) is 5.96. The molecule has 0 saturated heterocycles. The molecule has 1 aromatic carbocycles. The average molecular weight is 429 g/mol. The van der Waals surface area contributed by atoms with E-state index in [1.54, 1.807) is 18.2 Å². The van der Waals surface area contributed by atoms with Crippen LogP contribution in [0.3, 0.4) is 0 Å². The van der Waals surface area contributed by atoms with Crippen molar-refractivity contribution < 1.29 is 14.3 Å². The van der Waals surface area contributed by atoms with E-state index in [2.05, 4.69) is 15.5 Å².